The number of hydrogen-bond donors (Lipinski definition) is 0. The van der Waals surface area contributed by atoms with E-state index in [-0.39, 0.29) is 23.8 Å². The zero-order chi connectivity index (χ0) is 17.8. The van der Waals surface area contributed by atoms with E-state index in [0.717, 1.165) is 25.7 Å². The van der Waals surface area contributed by atoms with Gasteiger partial charge in [-0.15, -0.1) is 0 Å². The highest BCUT2D eigenvalue weighted by atomic mass is 16.7. The molecule has 0 bridgehead atoms. The lowest BCUT2D eigenvalue weighted by atomic mass is 9.99. The normalized spacial score (nSPS) is 22.7. The first-order valence-electron chi connectivity index (χ1n) is 8.54. The van der Waals surface area contributed by atoms with Crippen LogP contribution in [0.1, 0.15) is 59.7 Å². The van der Waals surface area contributed by atoms with Crippen molar-refractivity contribution in [3.8, 4) is 0 Å². The summed E-state index contributed by atoms with van der Waals surface area (Å²) < 4.78 is 5.61. The fourth-order valence-electron chi connectivity index (χ4n) is 3.09. The molecule has 2 aliphatic rings. The van der Waals surface area contributed by atoms with Gasteiger partial charge in [-0.3, -0.25) is 9.59 Å². The smallest absolute Gasteiger partial charge is 0.358 e. The number of rotatable bonds is 4. The molecule has 0 spiro atoms. The third kappa shape index (κ3) is 3.96. The lowest BCUT2D eigenvalue weighted by Crippen LogP contribution is -2.34. The number of nitrogens with zero attached hydrogens (tertiary/aromatic N) is 1. The van der Waals surface area contributed by atoms with Gasteiger partial charge in [-0.25, -0.2) is 4.79 Å². The van der Waals surface area contributed by atoms with Crippen molar-refractivity contribution >= 4 is 17.8 Å². The van der Waals surface area contributed by atoms with Crippen molar-refractivity contribution in [3.63, 3.8) is 0 Å². The Morgan fingerprint density at radius 1 is 1.12 bits per heavy atom. The Labute approximate surface area is 146 Å². The highest BCUT2D eigenvalue weighted by molar-refractivity contribution is 6.20. The Morgan fingerprint density at radius 3 is 2.48 bits per heavy atom. The van der Waals surface area contributed by atoms with E-state index in [1.54, 1.807) is 12.1 Å². The number of imide groups is 1. The summed E-state index contributed by atoms with van der Waals surface area (Å²) in [5.74, 6) is -2.02. The number of carbonyl (C=O) groups excluding carboxylic acids is 3. The maximum atomic E-state index is 12.2. The van der Waals surface area contributed by atoms with E-state index in [1.807, 2.05) is 6.08 Å². The summed E-state index contributed by atoms with van der Waals surface area (Å²) in [6.45, 7) is 1.75. The summed E-state index contributed by atoms with van der Waals surface area (Å²) >= 11 is 0. The van der Waals surface area contributed by atoms with Gasteiger partial charge in [0.25, 0.3) is 11.8 Å². The lowest BCUT2D eigenvalue weighted by molar-refractivity contribution is -0.174. The average molecular weight is 343 g/mol. The fraction of sp³-hybridized carbons (Fsp3) is 0.421. The summed E-state index contributed by atoms with van der Waals surface area (Å²) in [6, 6.07) is 6.37. The third-order valence-corrected chi connectivity index (χ3v) is 4.40. The summed E-state index contributed by atoms with van der Waals surface area (Å²) in [4.78, 5) is 41.3. The van der Waals surface area contributed by atoms with Crippen LogP contribution in [0.15, 0.2) is 35.9 Å². The maximum absolute atomic E-state index is 12.2. The largest absolute Gasteiger partial charge is 0.362 e. The van der Waals surface area contributed by atoms with Gasteiger partial charge in [0.05, 0.1) is 17.2 Å². The number of hydrogen-bond acceptors (Lipinski definition) is 5. The van der Waals surface area contributed by atoms with Crippen molar-refractivity contribution in [1.82, 2.24) is 5.06 Å². The second kappa shape index (κ2) is 7.61. The van der Waals surface area contributed by atoms with E-state index in [2.05, 4.69) is 6.92 Å². The van der Waals surface area contributed by atoms with Crippen LogP contribution in [0.25, 0.3) is 0 Å². The quantitative estimate of drug-likeness (QED) is 0.621. The number of fused-ring (bicyclic) bond motifs is 1. The monoisotopic (exact) mass is 343 g/mol. The molecule has 1 aliphatic heterocycles. The molecular weight excluding hydrogens is 322 g/mol. The topological polar surface area (TPSA) is 72.9 Å². The van der Waals surface area contributed by atoms with Crippen LogP contribution < -0.4 is 0 Å². The van der Waals surface area contributed by atoms with Gasteiger partial charge in [0.1, 0.15) is 6.61 Å². The molecule has 2 amide bonds. The molecule has 6 nitrogen and oxygen atoms in total. The highest BCUT2D eigenvalue weighted by Crippen LogP contribution is 2.23. The molecule has 0 saturated carbocycles. The van der Waals surface area contributed by atoms with E-state index in [1.165, 1.54) is 24.1 Å². The second-order valence-corrected chi connectivity index (χ2v) is 6.38. The van der Waals surface area contributed by atoms with Gasteiger partial charge in [0, 0.05) is 0 Å². The average Bonchev–Trinajstić information content (AvgIpc) is 2.82. The first kappa shape index (κ1) is 17.4. The number of benzene rings is 1. The van der Waals surface area contributed by atoms with Crippen LogP contribution in [0.4, 0.5) is 0 Å². The van der Waals surface area contributed by atoms with E-state index in [9.17, 15) is 14.4 Å². The molecule has 0 fully saturated rings. The minimum Gasteiger partial charge on any atom is -0.362 e. The molecule has 1 heterocycles. The maximum Gasteiger partial charge on any atom is 0.358 e. The van der Waals surface area contributed by atoms with Crippen LogP contribution in [0.3, 0.4) is 0 Å². The van der Waals surface area contributed by atoms with E-state index < -0.39 is 17.8 Å². The Morgan fingerprint density at radius 2 is 1.80 bits per heavy atom. The van der Waals surface area contributed by atoms with Gasteiger partial charge in [-0.1, -0.05) is 41.7 Å². The van der Waals surface area contributed by atoms with Crippen LogP contribution in [-0.4, -0.2) is 35.6 Å². The number of hydroxylamine groups is 2. The zero-order valence-electron chi connectivity index (χ0n) is 14.2. The van der Waals surface area contributed by atoms with Crippen molar-refractivity contribution in [1.29, 1.82) is 0 Å². The van der Waals surface area contributed by atoms with Crippen molar-refractivity contribution in [2.24, 2.45) is 0 Å². The predicted molar refractivity (Wildman–Crippen MR) is 89.6 cm³/mol. The van der Waals surface area contributed by atoms with Crippen molar-refractivity contribution in [2.45, 2.75) is 45.1 Å². The van der Waals surface area contributed by atoms with E-state index in [4.69, 9.17) is 9.57 Å². The molecule has 1 atom stereocenters. The molecule has 3 rings (SSSR count). The van der Waals surface area contributed by atoms with Gasteiger partial charge in [0.15, 0.2) is 0 Å². The minimum absolute atomic E-state index is 0.143. The Hall–Kier alpha value is -2.47. The molecule has 1 aliphatic carbocycles. The standard InChI is InChI=1S/C19H21NO5/c1-13-7-3-2-4-8-14(11-13)24-12-17(21)25-20-18(22)15-9-5-6-10-16(15)19(20)23/h5-6,9-11,14H,2-4,7-8,12H2,1H3/b13-11-. The first-order chi connectivity index (χ1) is 12.1. The number of carbonyl (C=O) groups is 3. The lowest BCUT2D eigenvalue weighted by Gasteiger charge is -2.18. The van der Waals surface area contributed by atoms with Gasteiger partial charge in [0.2, 0.25) is 0 Å². The van der Waals surface area contributed by atoms with Gasteiger partial charge < -0.3 is 9.57 Å². The Balaban J connectivity index is 1.56. The minimum atomic E-state index is -0.761. The van der Waals surface area contributed by atoms with E-state index >= 15 is 0 Å². The zero-order valence-corrected chi connectivity index (χ0v) is 14.2. The summed E-state index contributed by atoms with van der Waals surface area (Å²) in [7, 11) is 0. The van der Waals surface area contributed by atoms with E-state index in [0.29, 0.717) is 5.06 Å². The van der Waals surface area contributed by atoms with Crippen molar-refractivity contribution in [2.75, 3.05) is 6.61 Å². The van der Waals surface area contributed by atoms with Crippen molar-refractivity contribution in [3.05, 3.63) is 47.0 Å². The molecule has 0 saturated heterocycles. The second-order valence-electron chi connectivity index (χ2n) is 6.38. The van der Waals surface area contributed by atoms with Crippen LogP contribution in [0.5, 0.6) is 0 Å². The molecule has 132 valence electrons. The summed E-state index contributed by atoms with van der Waals surface area (Å²) in [6.07, 6.45) is 7.14. The van der Waals surface area contributed by atoms with Crippen LogP contribution in [0.2, 0.25) is 0 Å². The summed E-state index contributed by atoms with van der Waals surface area (Å²) in [5, 5.41) is 0.510. The molecule has 1 aromatic rings. The Bertz CT molecular complexity index is 689. The fourth-order valence-corrected chi connectivity index (χ4v) is 3.09. The molecule has 1 unspecified atom stereocenters. The third-order valence-electron chi connectivity index (χ3n) is 4.40. The van der Waals surface area contributed by atoms with Crippen LogP contribution in [-0.2, 0) is 14.4 Å². The number of ether oxygens (including phenoxy) is 1. The van der Waals surface area contributed by atoms with Gasteiger partial charge in [-0.2, -0.15) is 0 Å². The molecule has 0 radical (unpaired) electrons. The molecular formula is C19H21NO5. The molecule has 25 heavy (non-hydrogen) atoms. The summed E-state index contributed by atoms with van der Waals surface area (Å²) in [5.41, 5.74) is 1.72. The molecule has 1 aromatic carbocycles. The highest BCUT2D eigenvalue weighted by Gasteiger charge is 2.38. The predicted octanol–water partition coefficient (Wildman–Crippen LogP) is 3.04. The molecule has 0 aromatic heterocycles. The number of allylic oxidation sites excluding steroid dienone is 1. The van der Waals surface area contributed by atoms with Gasteiger partial charge in [-0.05, 0) is 38.3 Å². The van der Waals surface area contributed by atoms with Crippen LogP contribution in [0, 0.1) is 0 Å². The Kier molecular flexibility index (Phi) is 5.28. The first-order valence-corrected chi connectivity index (χ1v) is 8.54. The molecule has 0 N–H and O–H groups in total. The van der Waals surface area contributed by atoms with Crippen molar-refractivity contribution < 1.29 is 24.0 Å². The van der Waals surface area contributed by atoms with Crippen LogP contribution >= 0.6 is 0 Å². The number of amides is 2. The van der Waals surface area contributed by atoms with Gasteiger partial charge >= 0.3 is 5.97 Å². The molecule has 6 heteroatoms. The SMILES string of the molecule is C/C1=C/C(OCC(=O)ON2C(=O)c3ccccc3C2=O)CCCCC1.